The SMILES string of the molecule is [Cl][Zn][Cl].[H-].[Li+]. The van der Waals surface area contributed by atoms with E-state index in [1.54, 1.807) is 0 Å². The smallest absolute Gasteiger partial charge is 1.00 e. The minimum Gasteiger partial charge on any atom is -1.00 e. The first-order valence-corrected chi connectivity index (χ1v) is 8.33. The summed E-state index contributed by atoms with van der Waals surface area (Å²) >= 11 is -0.931. The number of hydrogen-bond acceptors (Lipinski definition) is 0. The normalized spacial score (nSPS) is 2.50. The van der Waals surface area contributed by atoms with Crippen molar-refractivity contribution in [3.05, 3.63) is 0 Å². The molecular formula is HCl2LiZn. The van der Waals surface area contributed by atoms with Crippen LogP contribution in [-0.4, -0.2) is 0 Å². The number of halogens is 2. The molecule has 0 aromatic rings. The zero-order valence-electron chi connectivity index (χ0n) is 3.46. The van der Waals surface area contributed by atoms with Gasteiger partial charge in [-0.05, 0) is 0 Å². The van der Waals surface area contributed by atoms with Crippen LogP contribution in [0.25, 0.3) is 0 Å². The minimum absolute atomic E-state index is 0. The van der Waals surface area contributed by atoms with Crippen LogP contribution in [0, 0.1) is 0 Å². The second kappa shape index (κ2) is 8.84. The van der Waals surface area contributed by atoms with Crippen LogP contribution in [0.2, 0.25) is 0 Å². The molecule has 0 bridgehead atoms. The van der Waals surface area contributed by atoms with Crippen molar-refractivity contribution >= 4 is 19.4 Å². The summed E-state index contributed by atoms with van der Waals surface area (Å²) < 4.78 is 0. The average molecular weight is 144 g/mol. The van der Waals surface area contributed by atoms with E-state index in [9.17, 15) is 0 Å². The maximum Gasteiger partial charge on any atom is 1.00 e. The van der Waals surface area contributed by atoms with Gasteiger partial charge in [0.15, 0.2) is 0 Å². The monoisotopic (exact) mass is 142 g/mol. The molecule has 0 aliphatic carbocycles. The molecule has 0 radical (unpaired) electrons. The first kappa shape index (κ1) is 9.25. The molecule has 0 nitrogen and oxygen atoms in total. The van der Waals surface area contributed by atoms with E-state index in [-0.39, 0.29) is 20.3 Å². The topological polar surface area (TPSA) is 0 Å². The van der Waals surface area contributed by atoms with Crippen LogP contribution >= 0.6 is 19.4 Å². The average Bonchev–Trinajstić information content (AvgIpc) is 0.918. The van der Waals surface area contributed by atoms with Gasteiger partial charge in [0.05, 0.1) is 0 Å². The Labute approximate surface area is 54.6 Å². The quantitative estimate of drug-likeness (QED) is 0.363. The molecule has 0 N–H and O–H groups in total. The van der Waals surface area contributed by atoms with Gasteiger partial charge in [-0.2, -0.15) is 0 Å². The summed E-state index contributed by atoms with van der Waals surface area (Å²) in [7, 11) is 9.90. The van der Waals surface area contributed by atoms with Gasteiger partial charge in [0.2, 0.25) is 0 Å². The molecule has 0 fully saturated rings. The van der Waals surface area contributed by atoms with Crippen molar-refractivity contribution in [3.8, 4) is 0 Å². The van der Waals surface area contributed by atoms with Crippen molar-refractivity contribution in [2.75, 3.05) is 0 Å². The largest absolute Gasteiger partial charge is 1.00 e. The fourth-order valence-corrected chi connectivity index (χ4v) is 0. The summed E-state index contributed by atoms with van der Waals surface area (Å²) in [4.78, 5) is 0. The molecule has 0 aromatic heterocycles. The Balaban J connectivity index is -0.0000000200. The fourth-order valence-electron chi connectivity index (χ4n) is 0. The Hall–Kier alpha value is 1.80. The van der Waals surface area contributed by atoms with Crippen molar-refractivity contribution in [1.82, 2.24) is 0 Å². The predicted molar refractivity (Wildman–Crippen MR) is 12.8 cm³/mol. The van der Waals surface area contributed by atoms with E-state index in [1.807, 2.05) is 0 Å². The first-order valence-electron chi connectivity index (χ1n) is 0.535. The molecule has 0 amide bonds. The molecule has 0 spiro atoms. The third kappa shape index (κ3) is 9.19. The van der Waals surface area contributed by atoms with Crippen LogP contribution in [0.15, 0.2) is 0 Å². The Morgan fingerprint density at radius 3 is 1.50 bits per heavy atom. The molecule has 0 rings (SSSR count). The Morgan fingerprint density at radius 2 is 1.50 bits per heavy atom. The molecule has 0 aliphatic rings. The third-order valence-corrected chi connectivity index (χ3v) is 0. The summed E-state index contributed by atoms with van der Waals surface area (Å²) in [6, 6.07) is 0. The first-order chi connectivity index (χ1) is 1.41. The molecule has 4 heavy (non-hydrogen) atoms. The number of rotatable bonds is 0. The van der Waals surface area contributed by atoms with E-state index in [0.29, 0.717) is 0 Å². The molecule has 4 heteroatoms. The van der Waals surface area contributed by atoms with Gasteiger partial charge in [0.25, 0.3) is 0 Å². The van der Waals surface area contributed by atoms with E-state index >= 15 is 0 Å². The predicted octanol–water partition coefficient (Wildman–Crippen LogP) is -1.51. The molecule has 0 atom stereocenters. The number of hydrogen-bond donors (Lipinski definition) is 0. The second-order valence-electron chi connectivity index (χ2n) is 0.101. The van der Waals surface area contributed by atoms with Gasteiger partial charge in [-0.15, -0.1) is 0 Å². The van der Waals surface area contributed by atoms with Gasteiger partial charge in [0.1, 0.15) is 0 Å². The summed E-state index contributed by atoms with van der Waals surface area (Å²) in [5, 5.41) is 0. The minimum atomic E-state index is -0.931. The maximum absolute atomic E-state index is 4.95. The van der Waals surface area contributed by atoms with E-state index in [1.165, 1.54) is 0 Å². The van der Waals surface area contributed by atoms with Crippen molar-refractivity contribution in [2.45, 2.75) is 0 Å². The van der Waals surface area contributed by atoms with E-state index < -0.39 is 15.1 Å². The van der Waals surface area contributed by atoms with Gasteiger partial charge in [-0.25, -0.2) is 0 Å². The molecule has 18 valence electrons. The van der Waals surface area contributed by atoms with Crippen LogP contribution < -0.4 is 18.9 Å². The fraction of sp³-hybridized carbons (Fsp3) is 0. The summed E-state index contributed by atoms with van der Waals surface area (Å²) in [6.45, 7) is 0. The third-order valence-electron chi connectivity index (χ3n) is 0. The molecule has 0 heterocycles. The van der Waals surface area contributed by atoms with Gasteiger partial charge < -0.3 is 1.43 Å². The molecule has 0 saturated heterocycles. The van der Waals surface area contributed by atoms with Crippen molar-refractivity contribution in [2.24, 2.45) is 0 Å². The van der Waals surface area contributed by atoms with E-state index in [2.05, 4.69) is 0 Å². The molecule has 0 aliphatic heterocycles. The van der Waals surface area contributed by atoms with Crippen molar-refractivity contribution < 1.29 is 35.4 Å². The maximum atomic E-state index is 4.95. The Morgan fingerprint density at radius 1 is 1.50 bits per heavy atom. The van der Waals surface area contributed by atoms with Gasteiger partial charge in [-0.1, -0.05) is 0 Å². The second-order valence-corrected chi connectivity index (χ2v) is 4.72. The van der Waals surface area contributed by atoms with Crippen LogP contribution in [-0.2, 0) is 15.1 Å². The van der Waals surface area contributed by atoms with Crippen LogP contribution in [0.4, 0.5) is 0 Å². The Bertz CT molecular complexity index is 9.61. The molecule has 0 saturated carbocycles. The van der Waals surface area contributed by atoms with Crippen LogP contribution in [0.3, 0.4) is 0 Å². The zero-order valence-corrected chi connectivity index (χ0v) is 6.94. The summed E-state index contributed by atoms with van der Waals surface area (Å²) in [5.41, 5.74) is 0. The molecule has 0 unspecified atom stereocenters. The van der Waals surface area contributed by atoms with Crippen LogP contribution in [0.1, 0.15) is 1.43 Å². The van der Waals surface area contributed by atoms with E-state index in [4.69, 9.17) is 19.4 Å². The molecular weight excluding hydrogens is 143 g/mol. The van der Waals surface area contributed by atoms with Crippen LogP contribution in [0.5, 0.6) is 0 Å². The Kier molecular flexibility index (Phi) is 20.5. The van der Waals surface area contributed by atoms with Gasteiger partial charge >= 0.3 is 53.4 Å². The van der Waals surface area contributed by atoms with Gasteiger partial charge in [0, 0.05) is 0 Å². The summed E-state index contributed by atoms with van der Waals surface area (Å²) in [6.07, 6.45) is 0. The van der Waals surface area contributed by atoms with Crippen molar-refractivity contribution in [3.63, 3.8) is 0 Å². The standard InChI is InChI=1S/2ClH.Li.Zn.H/h2*1H;;;/q;;+1;+2;-1/p-2. The van der Waals surface area contributed by atoms with E-state index in [0.717, 1.165) is 0 Å². The summed E-state index contributed by atoms with van der Waals surface area (Å²) in [5.74, 6) is 0. The molecule has 0 aromatic carbocycles. The zero-order chi connectivity index (χ0) is 2.71. The van der Waals surface area contributed by atoms with Gasteiger partial charge in [-0.3, -0.25) is 0 Å². The van der Waals surface area contributed by atoms with Crippen molar-refractivity contribution in [1.29, 1.82) is 0 Å².